The Kier molecular flexibility index (Phi) is 20.5. The van der Waals surface area contributed by atoms with Gasteiger partial charge in [-0.25, -0.2) is 37.2 Å². The number of nitrogens with zero attached hydrogens (tertiary/aromatic N) is 7. The highest BCUT2D eigenvalue weighted by atomic mass is 79.9. The summed E-state index contributed by atoms with van der Waals surface area (Å²) in [6.45, 7) is 4.24. The number of rotatable bonds is 29. The van der Waals surface area contributed by atoms with Crippen LogP contribution in [0.1, 0.15) is 29.2 Å². The van der Waals surface area contributed by atoms with Crippen LogP contribution in [0.15, 0.2) is 131 Å². The summed E-state index contributed by atoms with van der Waals surface area (Å²) in [6, 6.07) is 27.0. The van der Waals surface area contributed by atoms with Crippen LogP contribution in [0.5, 0.6) is 11.5 Å². The third kappa shape index (κ3) is 15.8. The van der Waals surface area contributed by atoms with E-state index < -0.39 is 21.7 Å². The number of fused-ring (bicyclic) bond motifs is 1. The Morgan fingerprint density at radius 3 is 2.18 bits per heavy atom. The number of primary amides is 1. The van der Waals surface area contributed by atoms with Gasteiger partial charge in [0.05, 0.1) is 98.1 Å². The number of sulfonamides is 1. The van der Waals surface area contributed by atoms with Crippen LogP contribution in [-0.2, 0) is 38.5 Å². The molecule has 4 aromatic carbocycles. The van der Waals surface area contributed by atoms with Crippen LogP contribution >= 0.6 is 15.9 Å². The van der Waals surface area contributed by atoms with Crippen molar-refractivity contribution in [2.45, 2.75) is 23.8 Å². The number of ether oxygens (including phenoxy) is 6. The predicted octanol–water partition coefficient (Wildman–Crippen LogP) is 6.93. The van der Waals surface area contributed by atoms with Gasteiger partial charge in [0.25, 0.3) is 5.91 Å². The molecule has 4 heterocycles. The Morgan fingerprint density at radius 2 is 1.47 bits per heavy atom. The molecule has 1 fully saturated rings. The van der Waals surface area contributed by atoms with E-state index in [0.29, 0.717) is 97.8 Å². The monoisotopic (exact) mass is 1150 g/mol. The van der Waals surface area contributed by atoms with Gasteiger partial charge >= 0.3 is 0 Å². The molecule has 0 spiro atoms. The average molecular weight is 1150 g/mol. The lowest BCUT2D eigenvalue weighted by Gasteiger charge is -2.32. The van der Waals surface area contributed by atoms with Crippen LogP contribution < -0.4 is 31.6 Å². The van der Waals surface area contributed by atoms with E-state index in [-0.39, 0.29) is 66.2 Å². The molecule has 0 unspecified atom stereocenters. The van der Waals surface area contributed by atoms with Crippen molar-refractivity contribution in [2.24, 2.45) is 5.73 Å². The highest BCUT2D eigenvalue weighted by Gasteiger charge is 2.28. The fourth-order valence-corrected chi connectivity index (χ4v) is 9.40. The Balaban J connectivity index is 0.637. The zero-order valence-corrected chi connectivity index (χ0v) is 44.7. The summed E-state index contributed by atoms with van der Waals surface area (Å²) in [7, 11) is -3.83. The molecular formula is C53H58BrFN12O10S. The standard InChI is InChI=1S/C53H58BrFN12O10S/c54-42-33-58-53(64-51(42)63-44-11-4-10-43(55)46(44)50(57)69)62-37-15-19-41(20-16-37)78(70,71)61-21-24-73-26-28-75-30-32-76-31-29-74-27-25-72-23-6-12-45(68)66-22-5-7-38(34-66)67-52-47(49(56)59-35-60-52)48(65-67)36-13-17-40(18-14-36)77-39-8-2-1-3-9-39/h1-4,6,8-20,33,35,38,61H,5,7,21-32,34H2,(H2,57,69)(H2,56,59,60)(H2,58,62,63,64)/b12-6+/t38-/m1/s1. The minimum Gasteiger partial charge on any atom is -0.457 e. The fraction of sp³-hybridized carbons (Fsp3) is 0.302. The first-order valence-electron chi connectivity index (χ1n) is 24.8. The number of carbonyl (C=O) groups is 2. The number of nitrogens with one attached hydrogen (secondary N) is 3. The van der Waals surface area contributed by atoms with Crippen molar-refractivity contribution in [3.8, 4) is 22.8 Å². The van der Waals surface area contributed by atoms with Crippen molar-refractivity contribution >= 4 is 77.8 Å². The van der Waals surface area contributed by atoms with E-state index in [2.05, 4.69) is 51.2 Å². The average Bonchev–Trinajstić information content (AvgIpc) is 3.97. The molecule has 2 amide bonds. The van der Waals surface area contributed by atoms with Crippen molar-refractivity contribution in [1.82, 2.24) is 39.3 Å². The van der Waals surface area contributed by atoms with Gasteiger partial charge < -0.3 is 55.4 Å². The molecule has 410 valence electrons. The van der Waals surface area contributed by atoms with Crippen molar-refractivity contribution in [2.75, 3.05) is 102 Å². The molecule has 78 heavy (non-hydrogen) atoms. The first kappa shape index (κ1) is 56.7. The number of carbonyl (C=O) groups excluding carboxylic acids is 2. The predicted molar refractivity (Wildman–Crippen MR) is 293 cm³/mol. The van der Waals surface area contributed by atoms with Gasteiger partial charge in [-0.3, -0.25) is 9.59 Å². The minimum absolute atomic E-state index is 0.0377. The van der Waals surface area contributed by atoms with Crippen molar-refractivity contribution in [3.63, 3.8) is 0 Å². The van der Waals surface area contributed by atoms with E-state index in [4.69, 9.17) is 45.0 Å². The summed E-state index contributed by atoms with van der Waals surface area (Å²) < 4.78 is 78.6. The second-order valence-corrected chi connectivity index (χ2v) is 19.9. The number of aromatic nitrogens is 6. The summed E-state index contributed by atoms with van der Waals surface area (Å²) in [6.07, 6.45) is 7.74. The number of likely N-dealkylation sites (tertiary alicyclic amines) is 1. The van der Waals surface area contributed by atoms with E-state index in [1.54, 1.807) is 18.2 Å². The molecule has 7 aromatic rings. The van der Waals surface area contributed by atoms with E-state index >= 15 is 0 Å². The normalized spacial score (nSPS) is 13.8. The Bertz CT molecular complexity index is 3250. The van der Waals surface area contributed by atoms with Gasteiger partial charge in [-0.05, 0) is 102 Å². The van der Waals surface area contributed by atoms with Gasteiger partial charge in [0.2, 0.25) is 21.9 Å². The molecular weight excluding hydrogens is 1100 g/mol. The topological polar surface area (TPSA) is 284 Å². The maximum atomic E-state index is 14.3. The number of amides is 2. The SMILES string of the molecule is NC(=O)c1c(F)cccc1Nc1nc(Nc2ccc(S(=O)(=O)NCCOCCOCCOCCOCCOC/C=C/C(=O)N3CCC[C@@H](n4nc(-c5ccc(Oc6ccccc6)cc5)c5c(N)ncnc54)C3)cc2)ncc1Br. The van der Waals surface area contributed by atoms with Crippen LogP contribution in [-0.4, -0.2) is 141 Å². The summed E-state index contributed by atoms with van der Waals surface area (Å²) in [5, 5.41) is 11.5. The number of para-hydroxylation sites is 1. The van der Waals surface area contributed by atoms with Crippen LogP contribution in [0.4, 0.5) is 33.3 Å². The van der Waals surface area contributed by atoms with Crippen molar-refractivity contribution in [3.05, 3.63) is 138 Å². The molecule has 25 heteroatoms. The molecule has 8 rings (SSSR count). The van der Waals surface area contributed by atoms with E-state index in [1.165, 1.54) is 42.9 Å². The number of piperidine rings is 1. The molecule has 1 atom stereocenters. The second-order valence-electron chi connectivity index (χ2n) is 17.3. The van der Waals surface area contributed by atoms with Gasteiger partial charge in [0.1, 0.15) is 41.0 Å². The third-order valence-electron chi connectivity index (χ3n) is 11.9. The summed E-state index contributed by atoms with van der Waals surface area (Å²) in [5.41, 5.74) is 14.2. The van der Waals surface area contributed by atoms with Crippen LogP contribution in [0, 0.1) is 5.82 Å². The smallest absolute Gasteiger partial charge is 0.253 e. The molecule has 22 nitrogen and oxygen atoms in total. The number of anilines is 5. The number of hydrogen-bond donors (Lipinski definition) is 5. The molecule has 0 saturated carbocycles. The number of nitrogen functional groups attached to an aromatic ring is 1. The first-order valence-corrected chi connectivity index (χ1v) is 27.1. The zero-order valence-electron chi connectivity index (χ0n) is 42.3. The number of halogens is 2. The van der Waals surface area contributed by atoms with Crippen molar-refractivity contribution in [1.29, 1.82) is 0 Å². The van der Waals surface area contributed by atoms with E-state index in [0.717, 1.165) is 30.2 Å². The highest BCUT2D eigenvalue weighted by Crippen LogP contribution is 2.35. The van der Waals surface area contributed by atoms with Gasteiger partial charge in [-0.1, -0.05) is 30.3 Å². The Hall–Kier alpha value is -7.49. The van der Waals surface area contributed by atoms with E-state index in [9.17, 15) is 22.4 Å². The van der Waals surface area contributed by atoms with Crippen LogP contribution in [0.25, 0.3) is 22.3 Å². The Labute approximate surface area is 457 Å². The molecule has 0 aliphatic carbocycles. The highest BCUT2D eigenvalue weighted by molar-refractivity contribution is 9.10. The fourth-order valence-electron chi connectivity index (χ4n) is 8.10. The maximum absolute atomic E-state index is 14.3. The molecule has 1 saturated heterocycles. The molecule has 3 aromatic heterocycles. The summed E-state index contributed by atoms with van der Waals surface area (Å²) >= 11 is 3.33. The second kappa shape index (κ2) is 28.2. The number of hydrogen-bond acceptors (Lipinski definition) is 18. The molecule has 1 aliphatic heterocycles. The van der Waals surface area contributed by atoms with Gasteiger partial charge in [-0.15, -0.1) is 0 Å². The van der Waals surface area contributed by atoms with Crippen molar-refractivity contribution < 1.29 is 50.8 Å². The Morgan fingerprint density at radius 1 is 0.795 bits per heavy atom. The minimum atomic E-state index is -3.83. The van der Waals surface area contributed by atoms with Gasteiger partial charge in [0, 0.05) is 43.2 Å². The molecule has 0 radical (unpaired) electrons. The number of benzene rings is 4. The quantitative estimate of drug-likeness (QED) is 0.0235. The molecule has 7 N–H and O–H groups in total. The largest absolute Gasteiger partial charge is 0.457 e. The summed E-state index contributed by atoms with van der Waals surface area (Å²) in [5.74, 6) is 0.286. The van der Waals surface area contributed by atoms with Gasteiger partial charge in [-0.2, -0.15) is 10.1 Å². The number of nitrogens with two attached hydrogens (primary N) is 2. The molecule has 1 aliphatic rings. The van der Waals surface area contributed by atoms with Crippen LogP contribution in [0.3, 0.4) is 0 Å². The van der Waals surface area contributed by atoms with Gasteiger partial charge in [0.15, 0.2) is 5.65 Å². The maximum Gasteiger partial charge on any atom is 0.253 e. The molecule has 0 bridgehead atoms. The lowest BCUT2D eigenvalue weighted by Crippen LogP contribution is -2.40. The lowest BCUT2D eigenvalue weighted by molar-refractivity contribution is -0.127. The summed E-state index contributed by atoms with van der Waals surface area (Å²) in [4.78, 5) is 44.3. The lowest BCUT2D eigenvalue weighted by atomic mass is 10.1. The van der Waals surface area contributed by atoms with Crippen LogP contribution in [0.2, 0.25) is 0 Å². The third-order valence-corrected chi connectivity index (χ3v) is 13.9. The van der Waals surface area contributed by atoms with E-state index in [1.807, 2.05) is 64.2 Å². The first-order chi connectivity index (χ1) is 37.9. The zero-order chi connectivity index (χ0) is 54.7.